The molecule has 0 spiro atoms. The van der Waals surface area contributed by atoms with Gasteiger partial charge in [0, 0.05) is 19.5 Å². The molecule has 1 aromatic carbocycles. The standard InChI is InChI=1S/C20H30N4O3/c1-20(2,3)15-4-6-16(7-5-15)27-14-18-22-19(24(23-18)9-10-25)12-17-13-21-8-11-26-17/h4-7,17,21,25H,8-14H2,1-3H3/t17-/m0/s1. The first-order valence-corrected chi connectivity index (χ1v) is 9.55. The van der Waals surface area contributed by atoms with Gasteiger partial charge in [-0.15, -0.1) is 0 Å². The smallest absolute Gasteiger partial charge is 0.188 e. The Hall–Kier alpha value is -1.96. The van der Waals surface area contributed by atoms with E-state index in [4.69, 9.17) is 9.47 Å². The first-order valence-electron chi connectivity index (χ1n) is 9.55. The van der Waals surface area contributed by atoms with E-state index >= 15 is 0 Å². The van der Waals surface area contributed by atoms with Crippen LogP contribution in [0.15, 0.2) is 24.3 Å². The van der Waals surface area contributed by atoms with E-state index in [-0.39, 0.29) is 18.1 Å². The molecule has 2 heterocycles. The van der Waals surface area contributed by atoms with Gasteiger partial charge in [-0.3, -0.25) is 0 Å². The molecule has 1 fully saturated rings. The number of morpholine rings is 1. The largest absolute Gasteiger partial charge is 0.486 e. The maximum absolute atomic E-state index is 9.30. The normalized spacial score (nSPS) is 17.9. The van der Waals surface area contributed by atoms with Gasteiger partial charge in [-0.25, -0.2) is 9.67 Å². The lowest BCUT2D eigenvalue weighted by Gasteiger charge is -2.23. The van der Waals surface area contributed by atoms with Crippen LogP contribution in [-0.2, 0) is 29.7 Å². The Labute approximate surface area is 160 Å². The highest BCUT2D eigenvalue weighted by atomic mass is 16.5. The molecule has 1 aliphatic heterocycles. The van der Waals surface area contributed by atoms with Gasteiger partial charge in [-0.1, -0.05) is 32.9 Å². The minimum atomic E-state index is 0.0225. The maximum atomic E-state index is 9.30. The number of aromatic nitrogens is 3. The first-order chi connectivity index (χ1) is 13.0. The van der Waals surface area contributed by atoms with Crippen molar-refractivity contribution in [2.24, 2.45) is 0 Å². The lowest BCUT2D eigenvalue weighted by molar-refractivity contribution is 0.0272. The van der Waals surface area contributed by atoms with Crippen LogP contribution in [0.1, 0.15) is 38.0 Å². The van der Waals surface area contributed by atoms with Crippen LogP contribution in [0.4, 0.5) is 0 Å². The number of hydrogen-bond donors (Lipinski definition) is 2. The summed E-state index contributed by atoms with van der Waals surface area (Å²) in [5, 5.41) is 17.1. The van der Waals surface area contributed by atoms with E-state index in [9.17, 15) is 5.11 Å². The van der Waals surface area contributed by atoms with Crippen molar-refractivity contribution in [1.29, 1.82) is 0 Å². The van der Waals surface area contributed by atoms with E-state index in [0.29, 0.717) is 32.0 Å². The number of rotatable bonds is 7. The lowest BCUT2D eigenvalue weighted by atomic mass is 9.87. The fourth-order valence-corrected chi connectivity index (χ4v) is 3.07. The quantitative estimate of drug-likeness (QED) is 0.767. The summed E-state index contributed by atoms with van der Waals surface area (Å²) in [6, 6.07) is 8.14. The minimum absolute atomic E-state index is 0.0225. The van der Waals surface area contributed by atoms with Crippen molar-refractivity contribution in [2.75, 3.05) is 26.3 Å². The summed E-state index contributed by atoms with van der Waals surface area (Å²) in [4.78, 5) is 4.60. The van der Waals surface area contributed by atoms with Crippen molar-refractivity contribution >= 4 is 0 Å². The zero-order valence-corrected chi connectivity index (χ0v) is 16.4. The third-order valence-electron chi connectivity index (χ3n) is 4.61. The SMILES string of the molecule is CC(C)(C)c1ccc(OCc2nc(C[C@H]3CNCCO3)n(CCO)n2)cc1. The molecule has 27 heavy (non-hydrogen) atoms. The molecule has 7 heteroatoms. The van der Waals surface area contributed by atoms with Gasteiger partial charge < -0.3 is 19.9 Å². The molecule has 1 aliphatic rings. The van der Waals surface area contributed by atoms with E-state index in [1.54, 1.807) is 4.68 Å². The van der Waals surface area contributed by atoms with Gasteiger partial charge >= 0.3 is 0 Å². The van der Waals surface area contributed by atoms with Crippen LogP contribution >= 0.6 is 0 Å². The van der Waals surface area contributed by atoms with Gasteiger partial charge in [0.05, 0.1) is 25.9 Å². The molecule has 1 aromatic heterocycles. The number of aliphatic hydroxyl groups excluding tert-OH is 1. The van der Waals surface area contributed by atoms with Crippen LogP contribution in [0.5, 0.6) is 5.75 Å². The second-order valence-corrected chi connectivity index (χ2v) is 7.86. The molecule has 1 atom stereocenters. The molecule has 7 nitrogen and oxygen atoms in total. The van der Waals surface area contributed by atoms with Gasteiger partial charge in [-0.05, 0) is 23.1 Å². The van der Waals surface area contributed by atoms with E-state index in [0.717, 1.165) is 24.7 Å². The van der Waals surface area contributed by atoms with E-state index in [2.05, 4.69) is 48.3 Å². The second-order valence-electron chi connectivity index (χ2n) is 7.86. The number of hydrogen-bond acceptors (Lipinski definition) is 6. The molecule has 0 aliphatic carbocycles. The molecule has 1 saturated heterocycles. The Kier molecular flexibility index (Phi) is 6.46. The monoisotopic (exact) mass is 374 g/mol. The molecule has 0 bridgehead atoms. The van der Waals surface area contributed by atoms with E-state index in [1.807, 2.05) is 12.1 Å². The average Bonchev–Trinajstić information content (AvgIpc) is 3.02. The van der Waals surface area contributed by atoms with Gasteiger partial charge in [0.1, 0.15) is 18.2 Å². The molecule has 0 unspecified atom stereocenters. The molecule has 148 valence electrons. The Morgan fingerprint density at radius 1 is 1.30 bits per heavy atom. The lowest BCUT2D eigenvalue weighted by Crippen LogP contribution is -2.40. The Bertz CT molecular complexity index is 716. The summed E-state index contributed by atoms with van der Waals surface area (Å²) < 4.78 is 13.4. The first kappa shape index (κ1) is 19.8. The van der Waals surface area contributed by atoms with Crippen molar-refractivity contribution in [3.8, 4) is 5.75 Å². The third kappa shape index (κ3) is 5.51. The fraction of sp³-hybridized carbons (Fsp3) is 0.600. The van der Waals surface area contributed by atoms with Crippen LogP contribution in [0.3, 0.4) is 0 Å². The highest BCUT2D eigenvalue weighted by Crippen LogP contribution is 2.24. The molecule has 0 amide bonds. The van der Waals surface area contributed by atoms with Gasteiger partial charge in [0.2, 0.25) is 0 Å². The molecule has 0 saturated carbocycles. The van der Waals surface area contributed by atoms with Crippen LogP contribution in [-0.4, -0.2) is 52.3 Å². The van der Waals surface area contributed by atoms with Gasteiger partial charge in [0.15, 0.2) is 5.82 Å². The van der Waals surface area contributed by atoms with Crippen molar-refractivity contribution in [2.45, 2.75) is 51.9 Å². The molecule has 2 aromatic rings. The van der Waals surface area contributed by atoms with E-state index < -0.39 is 0 Å². The summed E-state index contributed by atoms with van der Waals surface area (Å²) in [5.41, 5.74) is 1.39. The number of nitrogens with zero attached hydrogens (tertiary/aromatic N) is 3. The predicted molar refractivity (Wildman–Crippen MR) is 103 cm³/mol. The van der Waals surface area contributed by atoms with E-state index in [1.165, 1.54) is 5.56 Å². The Morgan fingerprint density at radius 3 is 2.70 bits per heavy atom. The summed E-state index contributed by atoms with van der Waals surface area (Å²) >= 11 is 0. The number of aliphatic hydroxyl groups is 1. The summed E-state index contributed by atoms with van der Waals surface area (Å²) in [5.74, 6) is 2.23. The Balaban J connectivity index is 1.63. The highest BCUT2D eigenvalue weighted by molar-refractivity contribution is 5.31. The predicted octanol–water partition coefficient (Wildman–Crippen LogP) is 1.68. The van der Waals surface area contributed by atoms with Gasteiger partial charge in [-0.2, -0.15) is 5.10 Å². The van der Waals surface area contributed by atoms with Crippen LogP contribution in [0.25, 0.3) is 0 Å². The van der Waals surface area contributed by atoms with Crippen LogP contribution in [0, 0.1) is 0 Å². The zero-order valence-electron chi connectivity index (χ0n) is 16.4. The second kappa shape index (κ2) is 8.82. The van der Waals surface area contributed by atoms with Crippen molar-refractivity contribution < 1.29 is 14.6 Å². The topological polar surface area (TPSA) is 81.4 Å². The van der Waals surface area contributed by atoms with Gasteiger partial charge in [0.25, 0.3) is 0 Å². The zero-order chi connectivity index (χ0) is 19.3. The van der Waals surface area contributed by atoms with Crippen LogP contribution in [0.2, 0.25) is 0 Å². The molecule has 2 N–H and O–H groups in total. The number of ether oxygens (including phenoxy) is 2. The highest BCUT2D eigenvalue weighted by Gasteiger charge is 2.19. The Morgan fingerprint density at radius 2 is 2.07 bits per heavy atom. The fourth-order valence-electron chi connectivity index (χ4n) is 3.07. The number of nitrogens with one attached hydrogen (secondary N) is 1. The van der Waals surface area contributed by atoms with Crippen molar-refractivity contribution in [3.05, 3.63) is 41.5 Å². The van der Waals surface area contributed by atoms with Crippen molar-refractivity contribution in [3.63, 3.8) is 0 Å². The summed E-state index contributed by atoms with van der Waals surface area (Å²) in [7, 11) is 0. The average molecular weight is 374 g/mol. The molecular weight excluding hydrogens is 344 g/mol. The number of benzene rings is 1. The minimum Gasteiger partial charge on any atom is -0.486 e. The van der Waals surface area contributed by atoms with Crippen LogP contribution < -0.4 is 10.1 Å². The summed E-state index contributed by atoms with van der Waals surface area (Å²) in [6.45, 7) is 9.70. The third-order valence-corrected chi connectivity index (χ3v) is 4.61. The van der Waals surface area contributed by atoms with Crippen molar-refractivity contribution in [1.82, 2.24) is 20.1 Å². The molecular formula is C20H30N4O3. The molecule has 0 radical (unpaired) electrons. The summed E-state index contributed by atoms with van der Waals surface area (Å²) in [6.07, 6.45) is 0.749. The maximum Gasteiger partial charge on any atom is 0.188 e. The molecule has 3 rings (SSSR count).